The molecule has 3 aromatic rings. The molecule has 0 fully saturated rings. The molecule has 2 aromatic carbocycles. The van der Waals surface area contributed by atoms with Crippen molar-refractivity contribution < 1.29 is 14.3 Å². The molecular formula is C23H22ClN3O4. The minimum atomic E-state index is -0.539. The molecule has 0 atom stereocenters. The number of aryl methyl sites for hydroxylation is 1. The highest BCUT2D eigenvalue weighted by Gasteiger charge is 2.18. The van der Waals surface area contributed by atoms with Gasteiger partial charge in [-0.05, 0) is 45.0 Å². The van der Waals surface area contributed by atoms with Crippen LogP contribution in [-0.2, 0) is 16.1 Å². The number of rotatable bonds is 6. The lowest BCUT2D eigenvalue weighted by molar-refractivity contribution is -0.116. The van der Waals surface area contributed by atoms with E-state index in [0.29, 0.717) is 33.4 Å². The highest BCUT2D eigenvalue weighted by Crippen LogP contribution is 2.22. The number of amides is 1. The summed E-state index contributed by atoms with van der Waals surface area (Å²) in [5.74, 6) is -0.681. The van der Waals surface area contributed by atoms with Gasteiger partial charge in [0, 0.05) is 21.8 Å². The van der Waals surface area contributed by atoms with Crippen LogP contribution >= 0.6 is 11.6 Å². The lowest BCUT2D eigenvalue weighted by Gasteiger charge is -2.16. The van der Waals surface area contributed by atoms with Crippen molar-refractivity contribution in [3.63, 3.8) is 0 Å². The topological polar surface area (TPSA) is 90.3 Å². The van der Waals surface area contributed by atoms with Gasteiger partial charge in [0.15, 0.2) is 0 Å². The normalized spacial score (nSPS) is 10.6. The number of halogens is 1. The molecule has 3 rings (SSSR count). The van der Waals surface area contributed by atoms with Crippen LogP contribution in [-0.4, -0.2) is 28.0 Å². The summed E-state index contributed by atoms with van der Waals surface area (Å²) in [4.78, 5) is 42.5. The van der Waals surface area contributed by atoms with E-state index in [2.05, 4.69) is 10.3 Å². The molecule has 1 amide bonds. The number of carbonyl (C=O) groups excluding carboxylic acids is 2. The Morgan fingerprint density at radius 1 is 1.13 bits per heavy atom. The Balaban J connectivity index is 1.97. The van der Waals surface area contributed by atoms with Crippen molar-refractivity contribution in [2.45, 2.75) is 27.3 Å². The second kappa shape index (κ2) is 9.57. The minimum absolute atomic E-state index is 0.216. The Labute approximate surface area is 184 Å². The van der Waals surface area contributed by atoms with Crippen LogP contribution in [0.4, 0.5) is 5.69 Å². The van der Waals surface area contributed by atoms with Crippen LogP contribution in [0.5, 0.6) is 0 Å². The number of para-hydroxylation sites is 1. The molecule has 0 spiro atoms. The van der Waals surface area contributed by atoms with E-state index in [1.54, 1.807) is 69.3 Å². The smallest absolute Gasteiger partial charge is 0.340 e. The molecule has 8 heteroatoms. The van der Waals surface area contributed by atoms with Crippen molar-refractivity contribution in [2.75, 3.05) is 11.9 Å². The fourth-order valence-corrected chi connectivity index (χ4v) is 3.25. The van der Waals surface area contributed by atoms with Gasteiger partial charge in [-0.2, -0.15) is 0 Å². The first-order valence-electron chi connectivity index (χ1n) is 9.71. The molecule has 1 heterocycles. The maximum absolute atomic E-state index is 13.0. The fourth-order valence-electron chi connectivity index (χ4n) is 3.06. The van der Waals surface area contributed by atoms with Crippen molar-refractivity contribution in [1.82, 2.24) is 9.55 Å². The van der Waals surface area contributed by atoms with Gasteiger partial charge >= 0.3 is 5.97 Å². The second-order valence-corrected chi connectivity index (χ2v) is 7.30. The number of esters is 1. The molecule has 0 bridgehead atoms. The van der Waals surface area contributed by atoms with Gasteiger partial charge in [0.05, 0.1) is 17.9 Å². The van der Waals surface area contributed by atoms with Gasteiger partial charge in [0.1, 0.15) is 12.4 Å². The molecule has 7 nitrogen and oxygen atoms in total. The van der Waals surface area contributed by atoms with Crippen LogP contribution < -0.4 is 10.9 Å². The van der Waals surface area contributed by atoms with Gasteiger partial charge in [-0.15, -0.1) is 0 Å². The molecule has 0 aliphatic rings. The zero-order chi connectivity index (χ0) is 22.5. The zero-order valence-corrected chi connectivity index (χ0v) is 18.2. The van der Waals surface area contributed by atoms with Crippen LogP contribution in [0.25, 0.3) is 11.4 Å². The van der Waals surface area contributed by atoms with Gasteiger partial charge in [-0.25, -0.2) is 9.78 Å². The standard InChI is InChI=1S/C23H22ClN3O4/c1-4-31-23(30)18-10-5-6-11-19(18)26-20(28)13-27-21(16-8-7-9-17(24)12-16)25-15(3)14(2)22(27)29/h5-12H,4,13H2,1-3H3,(H,26,28). The number of nitrogens with zero attached hydrogens (tertiary/aromatic N) is 2. The number of hydrogen-bond donors (Lipinski definition) is 1. The van der Waals surface area contributed by atoms with E-state index in [0.717, 1.165) is 0 Å². The summed E-state index contributed by atoms with van der Waals surface area (Å²) in [6.45, 7) is 5.04. The molecule has 0 radical (unpaired) electrons. The molecular weight excluding hydrogens is 418 g/mol. The van der Waals surface area contributed by atoms with Gasteiger partial charge in [0.2, 0.25) is 5.91 Å². The molecule has 0 aliphatic heterocycles. The molecule has 0 saturated heterocycles. The number of benzene rings is 2. The minimum Gasteiger partial charge on any atom is -0.462 e. The summed E-state index contributed by atoms with van der Waals surface area (Å²) >= 11 is 6.11. The summed E-state index contributed by atoms with van der Waals surface area (Å²) in [5.41, 5.74) is 1.86. The summed E-state index contributed by atoms with van der Waals surface area (Å²) in [7, 11) is 0. The zero-order valence-electron chi connectivity index (χ0n) is 17.4. The molecule has 0 unspecified atom stereocenters. The number of carbonyl (C=O) groups is 2. The molecule has 0 aliphatic carbocycles. The van der Waals surface area contributed by atoms with Crippen LogP contribution in [0.1, 0.15) is 28.5 Å². The van der Waals surface area contributed by atoms with E-state index in [9.17, 15) is 14.4 Å². The monoisotopic (exact) mass is 439 g/mol. The van der Waals surface area contributed by atoms with Crippen molar-refractivity contribution in [1.29, 1.82) is 0 Å². The first-order chi connectivity index (χ1) is 14.8. The average molecular weight is 440 g/mol. The SMILES string of the molecule is CCOC(=O)c1ccccc1NC(=O)Cn1c(-c2cccc(Cl)c2)nc(C)c(C)c1=O. The molecule has 0 saturated carbocycles. The maximum atomic E-state index is 13.0. The summed E-state index contributed by atoms with van der Waals surface area (Å²) in [6.07, 6.45) is 0. The number of nitrogens with one attached hydrogen (secondary N) is 1. The van der Waals surface area contributed by atoms with Crippen molar-refractivity contribution in [3.05, 3.63) is 80.7 Å². The number of aromatic nitrogens is 2. The number of hydrogen-bond acceptors (Lipinski definition) is 5. The fraction of sp³-hybridized carbons (Fsp3) is 0.217. The van der Waals surface area contributed by atoms with E-state index >= 15 is 0 Å². The lowest BCUT2D eigenvalue weighted by atomic mass is 10.1. The van der Waals surface area contributed by atoms with Crippen LogP contribution in [0, 0.1) is 13.8 Å². The number of ether oxygens (including phenoxy) is 1. The van der Waals surface area contributed by atoms with E-state index in [4.69, 9.17) is 16.3 Å². The van der Waals surface area contributed by atoms with Gasteiger partial charge < -0.3 is 10.1 Å². The number of anilines is 1. The highest BCUT2D eigenvalue weighted by molar-refractivity contribution is 6.30. The van der Waals surface area contributed by atoms with Gasteiger partial charge in [-0.3, -0.25) is 14.2 Å². The van der Waals surface area contributed by atoms with Crippen molar-refractivity contribution in [2.24, 2.45) is 0 Å². The summed E-state index contributed by atoms with van der Waals surface area (Å²) in [5, 5.41) is 3.19. The molecule has 1 aromatic heterocycles. The van der Waals surface area contributed by atoms with Crippen LogP contribution in [0.3, 0.4) is 0 Å². The Morgan fingerprint density at radius 2 is 1.87 bits per heavy atom. The average Bonchev–Trinajstić information content (AvgIpc) is 2.74. The lowest BCUT2D eigenvalue weighted by Crippen LogP contribution is -2.32. The quantitative estimate of drug-likeness (QED) is 0.586. The predicted octanol–water partition coefficient (Wildman–Crippen LogP) is 4.00. The van der Waals surface area contributed by atoms with Gasteiger partial charge in [0.25, 0.3) is 5.56 Å². The molecule has 31 heavy (non-hydrogen) atoms. The van der Waals surface area contributed by atoms with E-state index in [1.165, 1.54) is 4.57 Å². The van der Waals surface area contributed by atoms with E-state index in [-0.39, 0.29) is 24.3 Å². The summed E-state index contributed by atoms with van der Waals surface area (Å²) < 4.78 is 6.34. The highest BCUT2D eigenvalue weighted by atomic mass is 35.5. The Morgan fingerprint density at radius 3 is 2.58 bits per heavy atom. The third kappa shape index (κ3) is 5.00. The van der Waals surface area contributed by atoms with E-state index < -0.39 is 11.9 Å². The van der Waals surface area contributed by atoms with Crippen LogP contribution in [0.2, 0.25) is 5.02 Å². The first-order valence-corrected chi connectivity index (χ1v) is 10.1. The third-order valence-electron chi connectivity index (χ3n) is 4.72. The molecule has 1 N–H and O–H groups in total. The first kappa shape index (κ1) is 22.2. The van der Waals surface area contributed by atoms with Crippen LogP contribution in [0.15, 0.2) is 53.3 Å². The van der Waals surface area contributed by atoms with E-state index in [1.807, 2.05) is 0 Å². The second-order valence-electron chi connectivity index (χ2n) is 6.86. The Hall–Kier alpha value is -3.45. The Bertz CT molecular complexity index is 1200. The maximum Gasteiger partial charge on any atom is 0.340 e. The predicted molar refractivity (Wildman–Crippen MR) is 119 cm³/mol. The van der Waals surface area contributed by atoms with Crippen molar-refractivity contribution >= 4 is 29.2 Å². The van der Waals surface area contributed by atoms with Crippen molar-refractivity contribution in [3.8, 4) is 11.4 Å². The molecule has 160 valence electrons. The Kier molecular flexibility index (Phi) is 6.87. The summed E-state index contributed by atoms with van der Waals surface area (Å²) in [6, 6.07) is 13.5. The van der Waals surface area contributed by atoms with Gasteiger partial charge in [-0.1, -0.05) is 35.9 Å². The third-order valence-corrected chi connectivity index (χ3v) is 4.95. The largest absolute Gasteiger partial charge is 0.462 e.